The van der Waals surface area contributed by atoms with Gasteiger partial charge < -0.3 is 5.11 Å². The molecule has 0 spiro atoms. The van der Waals surface area contributed by atoms with E-state index in [1.165, 1.54) is 0 Å². The average molecular weight is 209 g/mol. The minimum absolute atomic E-state index is 0.282. The van der Waals surface area contributed by atoms with Crippen molar-refractivity contribution in [3.05, 3.63) is 35.9 Å². The molecule has 15 heavy (non-hydrogen) atoms. The first-order valence-corrected chi connectivity index (χ1v) is 4.66. The van der Waals surface area contributed by atoms with E-state index in [1.54, 1.807) is 0 Å². The largest absolute Gasteiger partial charge is 0.394 e. The van der Waals surface area contributed by atoms with Crippen molar-refractivity contribution in [3.8, 4) is 0 Å². The maximum absolute atomic E-state index is 11.1. The van der Waals surface area contributed by atoms with E-state index in [1.807, 2.05) is 35.8 Å². The van der Waals surface area contributed by atoms with Crippen molar-refractivity contribution in [3.63, 3.8) is 0 Å². The van der Waals surface area contributed by atoms with Gasteiger partial charge in [-0.25, -0.2) is 5.84 Å². The Morgan fingerprint density at radius 2 is 2.07 bits per heavy atom. The molecule has 0 fully saturated rings. The van der Waals surface area contributed by atoms with Crippen molar-refractivity contribution >= 4 is 5.91 Å². The zero-order chi connectivity index (χ0) is 11.1. The molecule has 0 unspecified atom stereocenters. The first-order valence-electron chi connectivity index (χ1n) is 4.66. The van der Waals surface area contributed by atoms with E-state index < -0.39 is 11.9 Å². The lowest BCUT2D eigenvalue weighted by atomic mass is 10.2. The van der Waals surface area contributed by atoms with E-state index in [4.69, 9.17) is 10.9 Å². The van der Waals surface area contributed by atoms with Gasteiger partial charge in [0.2, 0.25) is 0 Å². The van der Waals surface area contributed by atoms with Gasteiger partial charge in [-0.3, -0.25) is 15.5 Å². The molecule has 1 atom stereocenters. The average Bonchev–Trinajstić information content (AvgIpc) is 2.31. The molecular formula is C10H15N3O2. The molecule has 0 aliphatic rings. The number of hydrogen-bond donors (Lipinski definition) is 4. The highest BCUT2D eigenvalue weighted by molar-refractivity contribution is 5.81. The lowest BCUT2D eigenvalue weighted by molar-refractivity contribution is -0.124. The van der Waals surface area contributed by atoms with Gasteiger partial charge in [0, 0.05) is 6.54 Å². The Labute approximate surface area is 88.3 Å². The Morgan fingerprint density at radius 1 is 1.40 bits per heavy atom. The third-order valence-corrected chi connectivity index (χ3v) is 2.04. The summed E-state index contributed by atoms with van der Waals surface area (Å²) in [6, 6.07) is 8.93. The highest BCUT2D eigenvalue weighted by atomic mass is 16.3. The van der Waals surface area contributed by atoms with Crippen molar-refractivity contribution < 1.29 is 9.90 Å². The quantitative estimate of drug-likeness (QED) is 0.288. The number of aliphatic hydroxyl groups is 1. The van der Waals surface area contributed by atoms with Crippen LogP contribution in [0.25, 0.3) is 0 Å². The summed E-state index contributed by atoms with van der Waals surface area (Å²) in [7, 11) is 0. The van der Waals surface area contributed by atoms with Gasteiger partial charge in [-0.2, -0.15) is 0 Å². The maximum atomic E-state index is 11.1. The zero-order valence-electron chi connectivity index (χ0n) is 8.31. The number of rotatable bonds is 5. The number of aliphatic hydroxyl groups excluding tert-OH is 1. The topological polar surface area (TPSA) is 87.4 Å². The third-order valence-electron chi connectivity index (χ3n) is 2.04. The second-order valence-electron chi connectivity index (χ2n) is 3.11. The fourth-order valence-corrected chi connectivity index (χ4v) is 1.18. The van der Waals surface area contributed by atoms with Crippen LogP contribution in [0.2, 0.25) is 0 Å². The highest BCUT2D eigenvalue weighted by Gasteiger charge is 2.14. The Hall–Kier alpha value is -1.43. The van der Waals surface area contributed by atoms with Crippen LogP contribution in [-0.4, -0.2) is 23.7 Å². The van der Waals surface area contributed by atoms with Gasteiger partial charge in [0.25, 0.3) is 5.91 Å². The lowest BCUT2D eigenvalue weighted by Crippen LogP contribution is -2.48. The number of hydrazine groups is 1. The van der Waals surface area contributed by atoms with Crippen LogP contribution in [0.4, 0.5) is 0 Å². The van der Waals surface area contributed by atoms with Crippen LogP contribution in [0, 0.1) is 0 Å². The van der Waals surface area contributed by atoms with Gasteiger partial charge in [0.15, 0.2) is 0 Å². The summed E-state index contributed by atoms with van der Waals surface area (Å²) in [6.45, 7) is 0.232. The molecule has 0 saturated heterocycles. The molecule has 0 radical (unpaired) electrons. The second-order valence-corrected chi connectivity index (χ2v) is 3.11. The highest BCUT2D eigenvalue weighted by Crippen LogP contribution is 1.98. The Kier molecular flexibility index (Phi) is 4.76. The van der Waals surface area contributed by atoms with E-state index in [9.17, 15) is 4.79 Å². The van der Waals surface area contributed by atoms with E-state index in [2.05, 4.69) is 5.32 Å². The monoisotopic (exact) mass is 209 g/mol. The molecule has 0 aliphatic carbocycles. The molecule has 82 valence electrons. The van der Waals surface area contributed by atoms with Crippen LogP contribution in [0.15, 0.2) is 30.3 Å². The summed E-state index contributed by atoms with van der Waals surface area (Å²) < 4.78 is 0. The van der Waals surface area contributed by atoms with E-state index in [0.29, 0.717) is 6.54 Å². The van der Waals surface area contributed by atoms with Crippen molar-refractivity contribution in [2.75, 3.05) is 6.61 Å². The molecule has 1 aromatic carbocycles. The van der Waals surface area contributed by atoms with E-state index in [0.717, 1.165) is 5.56 Å². The second kappa shape index (κ2) is 6.13. The van der Waals surface area contributed by atoms with Crippen LogP contribution in [0.3, 0.4) is 0 Å². The van der Waals surface area contributed by atoms with E-state index in [-0.39, 0.29) is 6.61 Å². The van der Waals surface area contributed by atoms with Gasteiger partial charge in [-0.05, 0) is 5.56 Å². The summed E-state index contributed by atoms with van der Waals surface area (Å²) in [5, 5.41) is 11.8. The molecule has 5 heteroatoms. The van der Waals surface area contributed by atoms with Crippen LogP contribution in [0.5, 0.6) is 0 Å². The van der Waals surface area contributed by atoms with Crippen molar-refractivity contribution in [1.82, 2.24) is 10.7 Å². The molecule has 1 aromatic rings. The summed E-state index contributed by atoms with van der Waals surface area (Å²) in [5.41, 5.74) is 3.03. The minimum Gasteiger partial charge on any atom is -0.394 e. The molecule has 0 saturated carbocycles. The van der Waals surface area contributed by atoms with Crippen LogP contribution in [-0.2, 0) is 11.3 Å². The Bertz CT molecular complexity index is 303. The predicted molar refractivity (Wildman–Crippen MR) is 56.5 cm³/mol. The number of nitrogens with one attached hydrogen (secondary N) is 2. The number of carbonyl (C=O) groups is 1. The normalized spacial score (nSPS) is 12.1. The fraction of sp³-hybridized carbons (Fsp3) is 0.300. The maximum Gasteiger partial charge on any atom is 0.253 e. The number of carbonyl (C=O) groups excluding carboxylic acids is 1. The molecular weight excluding hydrogens is 194 g/mol. The molecule has 0 aliphatic heterocycles. The first kappa shape index (κ1) is 11.6. The van der Waals surface area contributed by atoms with Gasteiger partial charge >= 0.3 is 0 Å². The number of benzene rings is 1. The van der Waals surface area contributed by atoms with Crippen LogP contribution in [0.1, 0.15) is 5.56 Å². The summed E-state index contributed by atoms with van der Waals surface area (Å²) in [4.78, 5) is 11.1. The predicted octanol–water partition coefficient (Wildman–Crippen LogP) is -0.873. The van der Waals surface area contributed by atoms with Gasteiger partial charge in [0.05, 0.1) is 6.61 Å². The van der Waals surface area contributed by atoms with Crippen molar-refractivity contribution in [2.45, 2.75) is 12.6 Å². The summed E-state index contributed by atoms with van der Waals surface area (Å²) in [5.74, 6) is 4.54. The molecule has 5 nitrogen and oxygen atoms in total. The third kappa shape index (κ3) is 3.67. The van der Waals surface area contributed by atoms with Gasteiger partial charge in [0.1, 0.15) is 6.04 Å². The Balaban J connectivity index is 2.44. The van der Waals surface area contributed by atoms with E-state index >= 15 is 0 Å². The smallest absolute Gasteiger partial charge is 0.253 e. The molecule has 0 aromatic heterocycles. The lowest BCUT2D eigenvalue weighted by Gasteiger charge is -2.14. The van der Waals surface area contributed by atoms with Crippen molar-refractivity contribution in [2.24, 2.45) is 5.84 Å². The van der Waals surface area contributed by atoms with Gasteiger partial charge in [-0.15, -0.1) is 0 Å². The molecule has 0 bridgehead atoms. The number of hydrogen-bond acceptors (Lipinski definition) is 4. The van der Waals surface area contributed by atoms with Gasteiger partial charge in [-0.1, -0.05) is 30.3 Å². The molecule has 1 amide bonds. The standard InChI is InChI=1S/C10H15N3O2/c11-13-10(15)9(7-14)12-6-8-4-2-1-3-5-8/h1-5,9,12,14H,6-7,11H2,(H,13,15)/t9-/m0/s1. The SMILES string of the molecule is NNC(=O)[C@H](CO)NCc1ccccc1. The zero-order valence-corrected chi connectivity index (χ0v) is 8.31. The van der Waals surface area contributed by atoms with Crippen LogP contribution < -0.4 is 16.6 Å². The first-order chi connectivity index (χ1) is 7.27. The van der Waals surface area contributed by atoms with Crippen molar-refractivity contribution in [1.29, 1.82) is 0 Å². The fourth-order valence-electron chi connectivity index (χ4n) is 1.18. The molecule has 5 N–H and O–H groups in total. The number of nitrogens with two attached hydrogens (primary N) is 1. The molecule has 0 heterocycles. The summed E-state index contributed by atoms with van der Waals surface area (Å²) >= 11 is 0. The number of amides is 1. The molecule has 1 rings (SSSR count). The Morgan fingerprint density at radius 3 is 2.60 bits per heavy atom. The summed E-state index contributed by atoms with van der Waals surface area (Å²) in [6.07, 6.45) is 0. The minimum atomic E-state index is -0.671. The van der Waals surface area contributed by atoms with Crippen LogP contribution >= 0.6 is 0 Å².